The number of halogens is 1. The average molecular weight is 227 g/mol. The molecule has 0 amide bonds. The van der Waals surface area contributed by atoms with E-state index in [1.807, 2.05) is 12.1 Å². The quantitative estimate of drug-likeness (QED) is 0.585. The van der Waals surface area contributed by atoms with Gasteiger partial charge in [-0.05, 0) is 18.6 Å². The second-order valence-electron chi connectivity index (χ2n) is 2.93. The van der Waals surface area contributed by atoms with Crippen LogP contribution >= 0.6 is 23.4 Å². The van der Waals surface area contributed by atoms with Crippen LogP contribution in [0.2, 0.25) is 5.15 Å². The fourth-order valence-corrected chi connectivity index (χ4v) is 2.00. The first kappa shape index (κ1) is 11.4. The molecule has 1 atom stereocenters. The molecule has 0 aliphatic rings. The van der Waals surface area contributed by atoms with Gasteiger partial charge in [-0.3, -0.25) is 0 Å². The van der Waals surface area contributed by atoms with Gasteiger partial charge in [0.2, 0.25) is 0 Å². The molecule has 0 bridgehead atoms. The van der Waals surface area contributed by atoms with Crippen LogP contribution in [0.4, 0.5) is 0 Å². The van der Waals surface area contributed by atoms with Crippen LogP contribution in [0.25, 0.3) is 0 Å². The molecule has 0 aliphatic carbocycles. The number of nitrogens with zero attached hydrogens (tertiary/aromatic N) is 2. The van der Waals surface area contributed by atoms with E-state index < -0.39 is 0 Å². The fourth-order valence-electron chi connectivity index (χ4n) is 0.898. The minimum Gasteiger partial charge on any atom is -0.224 e. The molecule has 0 aromatic carbocycles. The first-order chi connectivity index (χ1) is 6.67. The largest absolute Gasteiger partial charge is 0.224 e. The van der Waals surface area contributed by atoms with Crippen LogP contribution in [-0.2, 0) is 0 Å². The van der Waals surface area contributed by atoms with Crippen molar-refractivity contribution in [3.8, 4) is 6.07 Å². The molecular weight excluding hydrogens is 216 g/mol. The summed E-state index contributed by atoms with van der Waals surface area (Å²) in [6.45, 7) is 4.24. The van der Waals surface area contributed by atoms with E-state index in [0.29, 0.717) is 16.1 Å². The van der Waals surface area contributed by atoms with E-state index in [1.165, 1.54) is 0 Å². The number of rotatable bonds is 3. The van der Waals surface area contributed by atoms with Gasteiger partial charge in [0.15, 0.2) is 5.69 Å². The van der Waals surface area contributed by atoms with Gasteiger partial charge in [-0.1, -0.05) is 25.4 Å². The molecular formula is C10H11ClN2S. The van der Waals surface area contributed by atoms with Crippen LogP contribution in [0.3, 0.4) is 0 Å². The van der Waals surface area contributed by atoms with E-state index in [2.05, 4.69) is 18.8 Å². The Kier molecular flexibility index (Phi) is 4.24. The van der Waals surface area contributed by atoms with Crippen molar-refractivity contribution in [2.75, 3.05) is 0 Å². The summed E-state index contributed by atoms with van der Waals surface area (Å²) in [6.07, 6.45) is 1.07. The first-order valence-electron chi connectivity index (χ1n) is 4.40. The summed E-state index contributed by atoms with van der Waals surface area (Å²) in [5, 5.41) is 9.71. The van der Waals surface area contributed by atoms with Crippen molar-refractivity contribution < 1.29 is 0 Å². The summed E-state index contributed by atoms with van der Waals surface area (Å²) in [5.41, 5.74) is 0.419. The van der Waals surface area contributed by atoms with E-state index >= 15 is 0 Å². The van der Waals surface area contributed by atoms with Gasteiger partial charge in [0.05, 0.1) is 0 Å². The van der Waals surface area contributed by atoms with Gasteiger partial charge in [-0.25, -0.2) is 4.98 Å². The molecule has 0 N–H and O–H groups in total. The third-order valence-electron chi connectivity index (χ3n) is 1.83. The molecule has 1 aromatic heterocycles. The van der Waals surface area contributed by atoms with Crippen LogP contribution in [0.15, 0.2) is 17.0 Å². The molecule has 1 unspecified atom stereocenters. The van der Waals surface area contributed by atoms with Gasteiger partial charge < -0.3 is 0 Å². The zero-order valence-electron chi connectivity index (χ0n) is 8.12. The lowest BCUT2D eigenvalue weighted by Gasteiger charge is -2.08. The predicted molar refractivity (Wildman–Crippen MR) is 59.6 cm³/mol. The molecule has 0 aliphatic heterocycles. The SMILES string of the molecule is CCC(C)Sc1ccc(Cl)nc1C#N. The lowest BCUT2D eigenvalue weighted by atomic mass is 10.4. The van der Waals surface area contributed by atoms with Crippen LogP contribution in [0, 0.1) is 11.3 Å². The predicted octanol–water partition coefficient (Wildman–Crippen LogP) is 3.50. The number of nitriles is 1. The Labute approximate surface area is 93.3 Å². The van der Waals surface area contributed by atoms with Crippen LogP contribution < -0.4 is 0 Å². The monoisotopic (exact) mass is 226 g/mol. The van der Waals surface area contributed by atoms with Gasteiger partial charge in [-0.15, -0.1) is 11.8 Å². The Balaban J connectivity index is 2.92. The zero-order valence-corrected chi connectivity index (χ0v) is 9.69. The van der Waals surface area contributed by atoms with Gasteiger partial charge in [0.25, 0.3) is 0 Å². The van der Waals surface area contributed by atoms with Crippen molar-refractivity contribution >= 4 is 23.4 Å². The Morgan fingerprint density at radius 3 is 2.93 bits per heavy atom. The van der Waals surface area contributed by atoms with E-state index in [9.17, 15) is 0 Å². The van der Waals surface area contributed by atoms with E-state index in [-0.39, 0.29) is 0 Å². The summed E-state index contributed by atoms with van der Waals surface area (Å²) in [4.78, 5) is 4.87. The minimum atomic E-state index is 0.370. The fraction of sp³-hybridized carbons (Fsp3) is 0.400. The standard InChI is InChI=1S/C10H11ClN2S/c1-3-7(2)14-9-4-5-10(11)13-8(9)6-12/h4-5,7H,3H2,1-2H3. The average Bonchev–Trinajstić information content (AvgIpc) is 2.20. The Bertz CT molecular complexity index is 360. The second kappa shape index (κ2) is 5.23. The molecule has 74 valence electrons. The highest BCUT2D eigenvalue weighted by Crippen LogP contribution is 2.27. The molecule has 1 aromatic rings. The number of hydrogen-bond acceptors (Lipinski definition) is 3. The smallest absolute Gasteiger partial charge is 0.155 e. The summed E-state index contributed by atoms with van der Waals surface area (Å²) in [5.74, 6) is 0. The molecule has 2 nitrogen and oxygen atoms in total. The molecule has 0 spiro atoms. The minimum absolute atomic E-state index is 0.370. The number of thioether (sulfide) groups is 1. The van der Waals surface area contributed by atoms with Crippen molar-refractivity contribution in [2.45, 2.75) is 30.4 Å². The summed E-state index contributed by atoms with van der Waals surface area (Å²) in [7, 11) is 0. The van der Waals surface area contributed by atoms with Crippen LogP contribution in [0.5, 0.6) is 0 Å². The van der Waals surface area contributed by atoms with Gasteiger partial charge >= 0.3 is 0 Å². The van der Waals surface area contributed by atoms with Gasteiger partial charge in [-0.2, -0.15) is 5.26 Å². The maximum Gasteiger partial charge on any atom is 0.155 e. The van der Waals surface area contributed by atoms with E-state index in [0.717, 1.165) is 11.3 Å². The highest BCUT2D eigenvalue weighted by atomic mass is 35.5. The number of hydrogen-bond donors (Lipinski definition) is 0. The van der Waals surface area contributed by atoms with Crippen molar-refractivity contribution in [1.82, 2.24) is 4.98 Å². The Morgan fingerprint density at radius 1 is 1.64 bits per heavy atom. The van der Waals surface area contributed by atoms with Crippen molar-refractivity contribution in [3.05, 3.63) is 23.0 Å². The molecule has 0 fully saturated rings. The molecule has 4 heteroatoms. The van der Waals surface area contributed by atoms with Crippen molar-refractivity contribution in [3.63, 3.8) is 0 Å². The van der Waals surface area contributed by atoms with Crippen molar-refractivity contribution in [1.29, 1.82) is 5.26 Å². The third-order valence-corrected chi connectivity index (χ3v) is 3.36. The topological polar surface area (TPSA) is 36.7 Å². The van der Waals surface area contributed by atoms with E-state index in [4.69, 9.17) is 16.9 Å². The molecule has 1 rings (SSSR count). The summed E-state index contributed by atoms with van der Waals surface area (Å²) in [6, 6.07) is 5.62. The lowest BCUT2D eigenvalue weighted by molar-refractivity contribution is 0.904. The molecule has 0 saturated heterocycles. The maximum atomic E-state index is 8.84. The first-order valence-corrected chi connectivity index (χ1v) is 5.66. The molecule has 14 heavy (non-hydrogen) atoms. The Hall–Kier alpha value is -0.720. The molecule has 0 radical (unpaired) electrons. The second-order valence-corrected chi connectivity index (χ2v) is 4.80. The normalized spacial score (nSPS) is 12.1. The highest BCUT2D eigenvalue weighted by Gasteiger charge is 2.08. The summed E-state index contributed by atoms with van der Waals surface area (Å²) >= 11 is 7.35. The number of pyridine rings is 1. The molecule has 1 heterocycles. The van der Waals surface area contributed by atoms with Gasteiger partial charge in [0, 0.05) is 10.1 Å². The van der Waals surface area contributed by atoms with Crippen molar-refractivity contribution in [2.24, 2.45) is 0 Å². The lowest BCUT2D eigenvalue weighted by Crippen LogP contribution is -1.95. The van der Waals surface area contributed by atoms with Crippen LogP contribution in [-0.4, -0.2) is 10.2 Å². The molecule has 0 saturated carbocycles. The number of aromatic nitrogens is 1. The maximum absolute atomic E-state index is 8.84. The van der Waals surface area contributed by atoms with Crippen LogP contribution in [0.1, 0.15) is 26.0 Å². The third kappa shape index (κ3) is 2.90. The highest BCUT2D eigenvalue weighted by molar-refractivity contribution is 8.00. The summed E-state index contributed by atoms with van der Waals surface area (Å²) < 4.78 is 0. The zero-order chi connectivity index (χ0) is 10.6. The van der Waals surface area contributed by atoms with E-state index in [1.54, 1.807) is 17.8 Å². The van der Waals surface area contributed by atoms with Gasteiger partial charge in [0.1, 0.15) is 11.2 Å². The Morgan fingerprint density at radius 2 is 2.36 bits per heavy atom.